The SMILES string of the molecule is CC(C)(C)CCOc1ccc(S(=O)O)cc1. The summed E-state index contributed by atoms with van der Waals surface area (Å²) in [5, 5.41) is 0. The van der Waals surface area contributed by atoms with Crippen LogP contribution in [0.4, 0.5) is 0 Å². The Hall–Kier alpha value is -0.870. The van der Waals surface area contributed by atoms with E-state index < -0.39 is 11.1 Å². The second-order valence-electron chi connectivity index (χ2n) is 4.88. The van der Waals surface area contributed by atoms with Gasteiger partial charge < -0.3 is 9.29 Å². The van der Waals surface area contributed by atoms with E-state index in [-0.39, 0.29) is 5.41 Å². The van der Waals surface area contributed by atoms with Crippen molar-refractivity contribution >= 4 is 11.1 Å². The maximum absolute atomic E-state index is 10.7. The summed E-state index contributed by atoms with van der Waals surface area (Å²) >= 11 is -1.91. The van der Waals surface area contributed by atoms with Crippen LogP contribution < -0.4 is 4.74 Å². The van der Waals surface area contributed by atoms with Crippen molar-refractivity contribution in [1.82, 2.24) is 0 Å². The third-order valence-corrected chi connectivity index (χ3v) is 2.82. The Morgan fingerprint density at radius 1 is 1.25 bits per heavy atom. The summed E-state index contributed by atoms with van der Waals surface area (Å²) < 4.78 is 25.1. The zero-order chi connectivity index (χ0) is 12.2. The van der Waals surface area contributed by atoms with Gasteiger partial charge in [-0.2, -0.15) is 0 Å². The molecule has 1 atom stereocenters. The Kier molecular flexibility index (Phi) is 4.50. The number of hydrogen-bond acceptors (Lipinski definition) is 2. The predicted molar refractivity (Wildman–Crippen MR) is 65.0 cm³/mol. The molecule has 0 saturated carbocycles. The number of ether oxygens (including phenoxy) is 1. The zero-order valence-corrected chi connectivity index (χ0v) is 10.7. The second kappa shape index (κ2) is 5.46. The van der Waals surface area contributed by atoms with Gasteiger partial charge in [0, 0.05) is 0 Å². The molecule has 0 fully saturated rings. The van der Waals surface area contributed by atoms with Crippen molar-refractivity contribution < 1.29 is 13.5 Å². The van der Waals surface area contributed by atoms with Crippen molar-refractivity contribution in [2.24, 2.45) is 5.41 Å². The molecule has 16 heavy (non-hydrogen) atoms. The predicted octanol–water partition coefficient (Wildman–Crippen LogP) is 3.08. The molecule has 0 spiro atoms. The largest absolute Gasteiger partial charge is 0.494 e. The molecule has 0 aliphatic carbocycles. The quantitative estimate of drug-likeness (QED) is 0.825. The highest BCUT2D eigenvalue weighted by atomic mass is 32.2. The van der Waals surface area contributed by atoms with Crippen LogP contribution in [-0.4, -0.2) is 15.4 Å². The minimum atomic E-state index is -1.91. The van der Waals surface area contributed by atoms with Crippen molar-refractivity contribution in [3.05, 3.63) is 24.3 Å². The fourth-order valence-electron chi connectivity index (χ4n) is 1.13. The lowest BCUT2D eigenvalue weighted by Gasteiger charge is -2.18. The van der Waals surface area contributed by atoms with Crippen LogP contribution in [0.2, 0.25) is 0 Å². The molecule has 1 rings (SSSR count). The first-order valence-electron chi connectivity index (χ1n) is 5.22. The zero-order valence-electron chi connectivity index (χ0n) is 9.90. The molecule has 1 aromatic carbocycles. The maximum Gasteiger partial charge on any atom is 0.186 e. The summed E-state index contributed by atoms with van der Waals surface area (Å²) in [5.41, 5.74) is 0.256. The van der Waals surface area contributed by atoms with Crippen LogP contribution in [-0.2, 0) is 11.1 Å². The van der Waals surface area contributed by atoms with Crippen LogP contribution in [0.3, 0.4) is 0 Å². The molecular weight excluding hydrogens is 224 g/mol. The van der Waals surface area contributed by atoms with Crippen LogP contribution in [0, 0.1) is 5.41 Å². The summed E-state index contributed by atoms with van der Waals surface area (Å²) in [6.45, 7) is 7.14. The molecule has 0 bridgehead atoms. The van der Waals surface area contributed by atoms with Gasteiger partial charge in [0.1, 0.15) is 5.75 Å². The molecule has 0 saturated heterocycles. The molecule has 0 heterocycles. The van der Waals surface area contributed by atoms with E-state index in [1.807, 2.05) is 0 Å². The fourth-order valence-corrected chi connectivity index (χ4v) is 1.50. The topological polar surface area (TPSA) is 46.5 Å². The van der Waals surface area contributed by atoms with Crippen molar-refractivity contribution in [3.8, 4) is 5.75 Å². The molecule has 0 radical (unpaired) electrons. The normalized spacial score (nSPS) is 13.5. The van der Waals surface area contributed by atoms with Crippen molar-refractivity contribution in [2.75, 3.05) is 6.61 Å². The van der Waals surface area contributed by atoms with Crippen LogP contribution in [0.1, 0.15) is 27.2 Å². The average Bonchev–Trinajstić information content (AvgIpc) is 2.16. The maximum atomic E-state index is 10.7. The van der Waals surface area contributed by atoms with Crippen LogP contribution >= 0.6 is 0 Å². The fraction of sp³-hybridized carbons (Fsp3) is 0.500. The van der Waals surface area contributed by atoms with E-state index >= 15 is 0 Å². The Labute approximate surface area is 99.1 Å². The van der Waals surface area contributed by atoms with Gasteiger partial charge in [-0.15, -0.1) is 0 Å². The van der Waals surface area contributed by atoms with E-state index in [2.05, 4.69) is 20.8 Å². The Morgan fingerprint density at radius 3 is 2.25 bits per heavy atom. The number of rotatable bonds is 4. The molecule has 0 aromatic heterocycles. The van der Waals surface area contributed by atoms with Crippen molar-refractivity contribution in [2.45, 2.75) is 32.1 Å². The molecular formula is C12H18O3S. The van der Waals surface area contributed by atoms with Gasteiger partial charge in [0.15, 0.2) is 11.1 Å². The van der Waals surface area contributed by atoms with Crippen molar-refractivity contribution in [3.63, 3.8) is 0 Å². The molecule has 1 N–H and O–H groups in total. The van der Waals surface area contributed by atoms with Gasteiger partial charge in [0.25, 0.3) is 0 Å². The first kappa shape index (κ1) is 13.2. The van der Waals surface area contributed by atoms with Gasteiger partial charge in [0.05, 0.1) is 11.5 Å². The lowest BCUT2D eigenvalue weighted by atomic mass is 9.93. The lowest BCUT2D eigenvalue weighted by molar-refractivity contribution is 0.243. The molecule has 0 aliphatic heterocycles. The summed E-state index contributed by atoms with van der Waals surface area (Å²) in [4.78, 5) is 0.392. The van der Waals surface area contributed by atoms with Gasteiger partial charge in [0.2, 0.25) is 0 Å². The Bertz CT molecular complexity index is 352. The van der Waals surface area contributed by atoms with Gasteiger partial charge >= 0.3 is 0 Å². The number of benzene rings is 1. The van der Waals surface area contributed by atoms with E-state index in [9.17, 15) is 4.21 Å². The Morgan fingerprint density at radius 2 is 1.81 bits per heavy atom. The Balaban J connectivity index is 2.47. The van der Waals surface area contributed by atoms with E-state index in [1.165, 1.54) is 0 Å². The summed E-state index contributed by atoms with van der Waals surface area (Å²) in [6, 6.07) is 6.63. The summed E-state index contributed by atoms with van der Waals surface area (Å²) in [5.74, 6) is 0.735. The third kappa shape index (κ3) is 4.77. The van der Waals surface area contributed by atoms with Gasteiger partial charge in [-0.3, -0.25) is 0 Å². The van der Waals surface area contributed by atoms with E-state index in [0.29, 0.717) is 11.5 Å². The average molecular weight is 242 g/mol. The van der Waals surface area contributed by atoms with Crippen LogP contribution in [0.15, 0.2) is 29.2 Å². The van der Waals surface area contributed by atoms with E-state index in [0.717, 1.165) is 12.2 Å². The lowest BCUT2D eigenvalue weighted by Crippen LogP contribution is -2.11. The molecule has 3 nitrogen and oxygen atoms in total. The van der Waals surface area contributed by atoms with Gasteiger partial charge in [-0.25, -0.2) is 4.21 Å². The number of hydrogen-bond donors (Lipinski definition) is 1. The summed E-state index contributed by atoms with van der Waals surface area (Å²) in [6.07, 6.45) is 0.973. The first-order valence-corrected chi connectivity index (χ1v) is 6.33. The summed E-state index contributed by atoms with van der Waals surface area (Å²) in [7, 11) is 0. The van der Waals surface area contributed by atoms with Crippen LogP contribution in [0.25, 0.3) is 0 Å². The first-order chi connectivity index (χ1) is 7.38. The van der Waals surface area contributed by atoms with Gasteiger partial charge in [-0.1, -0.05) is 20.8 Å². The molecule has 0 aliphatic rings. The minimum absolute atomic E-state index is 0.256. The standard InChI is InChI=1S/C12H18O3S/c1-12(2,3)8-9-15-10-4-6-11(7-5-10)16(13)14/h4-7H,8-9H2,1-3H3,(H,13,14). The van der Waals surface area contributed by atoms with Crippen LogP contribution in [0.5, 0.6) is 5.75 Å². The third-order valence-electron chi connectivity index (χ3n) is 2.15. The monoisotopic (exact) mass is 242 g/mol. The van der Waals surface area contributed by atoms with Crippen molar-refractivity contribution in [1.29, 1.82) is 0 Å². The smallest absolute Gasteiger partial charge is 0.186 e. The molecule has 4 heteroatoms. The molecule has 90 valence electrons. The highest BCUT2D eigenvalue weighted by molar-refractivity contribution is 7.79. The second-order valence-corrected chi connectivity index (χ2v) is 5.85. The highest BCUT2D eigenvalue weighted by Crippen LogP contribution is 2.20. The molecule has 1 unspecified atom stereocenters. The molecule has 1 aromatic rings. The highest BCUT2D eigenvalue weighted by Gasteiger charge is 2.09. The van der Waals surface area contributed by atoms with E-state index in [1.54, 1.807) is 24.3 Å². The van der Waals surface area contributed by atoms with Gasteiger partial charge in [-0.05, 0) is 36.1 Å². The minimum Gasteiger partial charge on any atom is -0.494 e. The molecule has 0 amide bonds. The van der Waals surface area contributed by atoms with E-state index in [4.69, 9.17) is 9.29 Å².